The van der Waals surface area contributed by atoms with Gasteiger partial charge in [0.15, 0.2) is 5.66 Å². The summed E-state index contributed by atoms with van der Waals surface area (Å²) in [5.41, 5.74) is -0.807. The summed E-state index contributed by atoms with van der Waals surface area (Å²) in [7, 11) is -4.79. The second kappa shape index (κ2) is 8.56. The molecule has 5 nitrogen and oxygen atoms in total. The van der Waals surface area contributed by atoms with Crippen molar-refractivity contribution < 1.29 is 19.1 Å². The number of amides is 1. The number of hydrogen-bond donors (Lipinski definition) is 3. The Kier molecular flexibility index (Phi) is 6.52. The van der Waals surface area contributed by atoms with Gasteiger partial charge in [0.2, 0.25) is 5.91 Å². The van der Waals surface area contributed by atoms with Gasteiger partial charge < -0.3 is 15.1 Å². The fourth-order valence-corrected chi connectivity index (χ4v) is 5.42. The van der Waals surface area contributed by atoms with E-state index in [2.05, 4.69) is 5.32 Å². The molecule has 1 heterocycles. The monoisotopic (exact) mass is 475 g/mol. The number of rotatable bonds is 5. The van der Waals surface area contributed by atoms with E-state index in [0.29, 0.717) is 26.0 Å². The molecule has 1 atom stereocenters. The van der Waals surface area contributed by atoms with Crippen LogP contribution in [-0.2, 0) is 9.36 Å². The first-order valence-electron chi connectivity index (χ1n) is 7.80. The molecule has 0 aliphatic carbocycles. The van der Waals surface area contributed by atoms with E-state index >= 15 is 0 Å². The second-order valence-corrected chi connectivity index (χ2v) is 9.78. The van der Waals surface area contributed by atoms with Crippen LogP contribution in [0.3, 0.4) is 0 Å². The zero-order chi connectivity index (χ0) is 20.5. The van der Waals surface area contributed by atoms with Gasteiger partial charge in [0.25, 0.3) is 0 Å². The van der Waals surface area contributed by atoms with Crippen molar-refractivity contribution in [1.29, 1.82) is 0 Å². The van der Waals surface area contributed by atoms with Crippen molar-refractivity contribution in [2.24, 2.45) is 0 Å². The summed E-state index contributed by atoms with van der Waals surface area (Å²) >= 11 is 19.1. The highest BCUT2D eigenvalue weighted by atomic mass is 35.5. The smallest absolute Gasteiger partial charge is 0.332 e. The molecule has 0 fully saturated rings. The zero-order valence-corrected chi connectivity index (χ0v) is 18.0. The third kappa shape index (κ3) is 4.97. The summed E-state index contributed by atoms with van der Waals surface area (Å²) < 4.78 is 12.8. The maximum atomic E-state index is 12.6. The van der Waals surface area contributed by atoms with E-state index in [1.807, 2.05) is 0 Å². The number of carbonyl (C=O) groups is 1. The van der Waals surface area contributed by atoms with E-state index in [0.717, 1.165) is 4.70 Å². The average Bonchev–Trinajstić information content (AvgIpc) is 2.95. The van der Waals surface area contributed by atoms with E-state index in [9.17, 15) is 19.1 Å². The van der Waals surface area contributed by atoms with Crippen LogP contribution in [0.25, 0.3) is 16.2 Å². The van der Waals surface area contributed by atoms with Crippen molar-refractivity contribution in [3.63, 3.8) is 0 Å². The van der Waals surface area contributed by atoms with Crippen LogP contribution in [0.2, 0.25) is 15.1 Å². The molecule has 1 unspecified atom stereocenters. The maximum Gasteiger partial charge on any atom is 0.342 e. The molecule has 146 valence electrons. The minimum atomic E-state index is -4.79. The molecular formula is C18H13Cl3NO4PS. The fraction of sp³-hybridized carbons (Fsp3) is 0.0556. The normalized spacial score (nSPS) is 13.2. The molecule has 0 saturated carbocycles. The predicted octanol–water partition coefficient (Wildman–Crippen LogP) is 5.87. The van der Waals surface area contributed by atoms with Gasteiger partial charge in [0, 0.05) is 26.0 Å². The molecule has 3 rings (SSSR count). The highest BCUT2D eigenvalue weighted by Crippen LogP contribution is 2.54. The van der Waals surface area contributed by atoms with Crippen LogP contribution in [0.1, 0.15) is 16.8 Å². The van der Waals surface area contributed by atoms with Crippen LogP contribution in [0.5, 0.6) is 0 Å². The molecule has 3 aromatic rings. The molecule has 2 aromatic carbocycles. The second-order valence-electron chi connectivity index (χ2n) is 5.87. The van der Waals surface area contributed by atoms with Crippen LogP contribution in [-0.4, -0.2) is 15.7 Å². The van der Waals surface area contributed by atoms with Crippen LogP contribution < -0.4 is 5.32 Å². The quantitative estimate of drug-likeness (QED) is 0.402. The van der Waals surface area contributed by atoms with E-state index < -0.39 is 19.2 Å². The molecule has 0 aliphatic heterocycles. The summed E-state index contributed by atoms with van der Waals surface area (Å²) in [4.78, 5) is 32.2. The van der Waals surface area contributed by atoms with Gasteiger partial charge in [-0.3, -0.25) is 9.36 Å². The van der Waals surface area contributed by atoms with Crippen LogP contribution in [0, 0.1) is 0 Å². The molecule has 0 radical (unpaired) electrons. The van der Waals surface area contributed by atoms with Gasteiger partial charge in [0.05, 0.1) is 0 Å². The Morgan fingerprint density at radius 3 is 2.39 bits per heavy atom. The molecule has 0 aliphatic rings. The highest BCUT2D eigenvalue weighted by molar-refractivity contribution is 7.53. The summed E-state index contributed by atoms with van der Waals surface area (Å²) in [5.74, 6) is -0.836. The largest absolute Gasteiger partial charge is 0.342 e. The number of carbonyl (C=O) groups excluding carboxylic acids is 1. The lowest BCUT2D eigenvalue weighted by Crippen LogP contribution is -2.25. The average molecular weight is 477 g/mol. The standard InChI is InChI=1S/C18H13Cl3NO4PS/c19-11-1-2-16-14(8-11)15(9-28-16)17(27(24,25)26)18(23)22-4-3-10-5-12(20)7-13(21)6-10/h1-9,17H,(H,22,23)(H2,24,25,26). The Morgan fingerprint density at radius 2 is 1.75 bits per heavy atom. The van der Waals surface area contributed by atoms with Gasteiger partial charge in [0.1, 0.15) is 0 Å². The summed E-state index contributed by atoms with van der Waals surface area (Å²) in [6.07, 6.45) is 2.81. The zero-order valence-electron chi connectivity index (χ0n) is 14.0. The Hall–Kier alpha value is -1.37. The van der Waals surface area contributed by atoms with Crippen LogP contribution in [0.15, 0.2) is 48.0 Å². The fourth-order valence-electron chi connectivity index (χ4n) is 2.68. The molecule has 3 N–H and O–H groups in total. The lowest BCUT2D eigenvalue weighted by Gasteiger charge is -2.16. The number of thiophene rings is 1. The summed E-state index contributed by atoms with van der Waals surface area (Å²) in [6, 6.07) is 9.83. The lowest BCUT2D eigenvalue weighted by molar-refractivity contribution is -0.120. The van der Waals surface area contributed by atoms with E-state index in [1.54, 1.807) is 41.8 Å². The Bertz CT molecular complexity index is 1100. The molecule has 28 heavy (non-hydrogen) atoms. The van der Waals surface area contributed by atoms with Gasteiger partial charge in [-0.05, 0) is 64.4 Å². The number of fused-ring (bicyclic) bond motifs is 1. The molecule has 0 saturated heterocycles. The minimum absolute atomic E-state index is 0.229. The number of hydrogen-bond acceptors (Lipinski definition) is 3. The van der Waals surface area contributed by atoms with E-state index in [-0.39, 0.29) is 5.56 Å². The number of benzene rings is 2. The Labute approximate surface area is 179 Å². The van der Waals surface area contributed by atoms with Crippen LogP contribution >= 0.6 is 53.7 Å². The molecular weight excluding hydrogens is 464 g/mol. The van der Waals surface area contributed by atoms with Gasteiger partial charge in [-0.15, -0.1) is 11.3 Å². The molecule has 1 amide bonds. The van der Waals surface area contributed by atoms with E-state index in [4.69, 9.17) is 34.8 Å². The van der Waals surface area contributed by atoms with Crippen LogP contribution in [0.4, 0.5) is 0 Å². The first-order chi connectivity index (χ1) is 13.1. The van der Waals surface area contributed by atoms with Crippen molar-refractivity contribution in [2.45, 2.75) is 5.66 Å². The molecule has 0 bridgehead atoms. The molecule has 1 aromatic heterocycles. The summed E-state index contributed by atoms with van der Waals surface area (Å²) in [6.45, 7) is 0. The Morgan fingerprint density at radius 1 is 1.07 bits per heavy atom. The lowest BCUT2D eigenvalue weighted by atomic mass is 10.1. The summed E-state index contributed by atoms with van der Waals surface area (Å²) in [5, 5.41) is 5.77. The minimum Gasteiger partial charge on any atom is -0.332 e. The van der Waals surface area contributed by atoms with Crippen molar-refractivity contribution in [3.8, 4) is 0 Å². The predicted molar refractivity (Wildman–Crippen MR) is 115 cm³/mol. The van der Waals surface area contributed by atoms with Gasteiger partial charge in [-0.25, -0.2) is 0 Å². The van der Waals surface area contributed by atoms with Crippen molar-refractivity contribution in [3.05, 3.63) is 74.2 Å². The number of halogens is 3. The van der Waals surface area contributed by atoms with E-state index in [1.165, 1.54) is 23.6 Å². The third-order valence-corrected chi connectivity index (χ3v) is 6.67. The Balaban J connectivity index is 1.89. The van der Waals surface area contributed by atoms with Crippen molar-refractivity contribution in [2.75, 3.05) is 0 Å². The van der Waals surface area contributed by atoms with Crippen molar-refractivity contribution in [1.82, 2.24) is 5.32 Å². The van der Waals surface area contributed by atoms with Gasteiger partial charge >= 0.3 is 7.60 Å². The maximum absolute atomic E-state index is 12.6. The third-order valence-electron chi connectivity index (χ3n) is 3.83. The van der Waals surface area contributed by atoms with Gasteiger partial charge in [-0.1, -0.05) is 34.8 Å². The van der Waals surface area contributed by atoms with Gasteiger partial charge in [-0.2, -0.15) is 0 Å². The SMILES string of the molecule is O=C(NC=Cc1cc(Cl)cc(Cl)c1)C(c1csc2ccc(Cl)cc12)P(=O)(O)O. The molecule has 0 spiro atoms. The van der Waals surface area contributed by atoms with Crippen molar-refractivity contribution >= 4 is 75.8 Å². The molecule has 10 heteroatoms. The topological polar surface area (TPSA) is 86.6 Å². The number of nitrogens with one attached hydrogen (secondary N) is 1. The highest BCUT2D eigenvalue weighted by Gasteiger charge is 2.38. The first kappa shape index (κ1) is 21.3. The first-order valence-corrected chi connectivity index (χ1v) is 11.5.